The van der Waals surface area contributed by atoms with Crippen LogP contribution in [0.15, 0.2) is 54.6 Å². The summed E-state index contributed by atoms with van der Waals surface area (Å²) in [6.45, 7) is 3.45. The lowest BCUT2D eigenvalue weighted by Gasteiger charge is -2.14. The Labute approximate surface area is 125 Å². The number of anilines is 1. The Morgan fingerprint density at radius 2 is 1.62 bits per heavy atom. The normalized spacial score (nSPS) is 11.7. The molecule has 2 rings (SSSR count). The third-order valence-electron chi connectivity index (χ3n) is 3.41. The van der Waals surface area contributed by atoms with Crippen LogP contribution in [0.3, 0.4) is 0 Å². The summed E-state index contributed by atoms with van der Waals surface area (Å²) in [5.74, 6) is -1.03. The molecule has 1 N–H and O–H groups in total. The second-order valence-corrected chi connectivity index (χ2v) is 5.21. The fourth-order valence-electron chi connectivity index (χ4n) is 2.14. The number of amides is 1. The van der Waals surface area contributed by atoms with Gasteiger partial charge in [0.2, 0.25) is 5.91 Å². The zero-order chi connectivity index (χ0) is 15.2. The highest BCUT2D eigenvalue weighted by atomic mass is 16.2. The maximum atomic E-state index is 12.3. The maximum absolute atomic E-state index is 12.3. The van der Waals surface area contributed by atoms with E-state index in [9.17, 15) is 9.59 Å². The van der Waals surface area contributed by atoms with E-state index in [2.05, 4.69) is 5.32 Å². The molecule has 0 aliphatic rings. The quantitative estimate of drug-likeness (QED) is 0.854. The number of Topliss-reactive ketones (excluding diaryl/α,β-unsaturated/α-hetero) is 1. The Morgan fingerprint density at radius 3 is 2.19 bits per heavy atom. The van der Waals surface area contributed by atoms with Crippen molar-refractivity contribution in [3.63, 3.8) is 0 Å². The van der Waals surface area contributed by atoms with Gasteiger partial charge in [0.25, 0.3) is 0 Å². The molecule has 0 fully saturated rings. The van der Waals surface area contributed by atoms with E-state index in [4.69, 9.17) is 0 Å². The van der Waals surface area contributed by atoms with E-state index in [0.717, 1.165) is 11.1 Å². The molecule has 1 atom stereocenters. The Hall–Kier alpha value is -2.42. The molecule has 0 radical (unpaired) electrons. The molecular weight excluding hydrogens is 262 g/mol. The molecule has 0 bridgehead atoms. The Morgan fingerprint density at radius 1 is 1.00 bits per heavy atom. The summed E-state index contributed by atoms with van der Waals surface area (Å²) in [5.41, 5.74) is 2.82. The lowest BCUT2D eigenvalue weighted by atomic mass is 9.95. The molecule has 0 aliphatic heterocycles. The van der Waals surface area contributed by atoms with Crippen molar-refractivity contribution in [2.45, 2.75) is 20.3 Å². The van der Waals surface area contributed by atoms with Crippen molar-refractivity contribution in [1.29, 1.82) is 0 Å². The number of hydrogen-bond donors (Lipinski definition) is 1. The predicted molar refractivity (Wildman–Crippen MR) is 84.1 cm³/mol. The van der Waals surface area contributed by atoms with Crippen molar-refractivity contribution in [3.05, 3.63) is 65.7 Å². The van der Waals surface area contributed by atoms with Crippen molar-refractivity contribution < 1.29 is 9.59 Å². The van der Waals surface area contributed by atoms with E-state index in [-0.39, 0.29) is 11.7 Å². The van der Waals surface area contributed by atoms with Crippen molar-refractivity contribution in [3.8, 4) is 0 Å². The molecule has 21 heavy (non-hydrogen) atoms. The third-order valence-corrected chi connectivity index (χ3v) is 3.41. The highest BCUT2D eigenvalue weighted by Gasteiger charge is 2.23. The average molecular weight is 281 g/mol. The van der Waals surface area contributed by atoms with Crippen LogP contribution in [0, 0.1) is 12.8 Å². The number of hydrogen-bond acceptors (Lipinski definition) is 2. The molecule has 0 saturated heterocycles. The summed E-state index contributed by atoms with van der Waals surface area (Å²) >= 11 is 0. The molecule has 0 aromatic heterocycles. The van der Waals surface area contributed by atoms with Crippen molar-refractivity contribution in [2.75, 3.05) is 5.32 Å². The van der Waals surface area contributed by atoms with Crippen LogP contribution in [-0.4, -0.2) is 11.7 Å². The monoisotopic (exact) mass is 281 g/mol. The number of carbonyl (C=O) groups is 2. The second kappa shape index (κ2) is 6.84. The summed E-state index contributed by atoms with van der Waals surface area (Å²) in [4.78, 5) is 24.1. The Balaban J connectivity index is 2.09. The van der Waals surface area contributed by atoms with Crippen LogP contribution < -0.4 is 5.32 Å². The zero-order valence-electron chi connectivity index (χ0n) is 12.3. The first-order valence-electron chi connectivity index (χ1n) is 6.98. The van der Waals surface area contributed by atoms with Gasteiger partial charge in [-0.2, -0.15) is 0 Å². The van der Waals surface area contributed by atoms with Crippen molar-refractivity contribution >= 4 is 17.4 Å². The summed E-state index contributed by atoms with van der Waals surface area (Å²) in [5, 5.41) is 2.81. The van der Waals surface area contributed by atoms with Gasteiger partial charge in [-0.1, -0.05) is 48.0 Å². The number of carbonyl (C=O) groups excluding carboxylic acids is 2. The standard InChI is InChI=1S/C18H19NO2/c1-13-8-10-16(11-9-13)19-18(21)17(14(2)20)12-15-6-4-3-5-7-15/h3-11,17H,12H2,1-2H3,(H,19,21). The molecule has 1 unspecified atom stereocenters. The van der Waals surface area contributed by atoms with Gasteiger partial charge in [0.05, 0.1) is 0 Å². The van der Waals surface area contributed by atoms with Gasteiger partial charge in [0.1, 0.15) is 11.7 Å². The van der Waals surface area contributed by atoms with Gasteiger partial charge in [-0.05, 0) is 38.0 Å². The number of aryl methyl sites for hydroxylation is 1. The molecule has 1 amide bonds. The van der Waals surface area contributed by atoms with Crippen LogP contribution in [0.25, 0.3) is 0 Å². The predicted octanol–water partition coefficient (Wildman–Crippen LogP) is 3.38. The minimum Gasteiger partial charge on any atom is -0.325 e. The Bertz CT molecular complexity index is 617. The number of nitrogens with one attached hydrogen (secondary N) is 1. The second-order valence-electron chi connectivity index (χ2n) is 5.21. The van der Waals surface area contributed by atoms with Crippen molar-refractivity contribution in [1.82, 2.24) is 0 Å². The minimum absolute atomic E-state index is 0.122. The summed E-state index contributed by atoms with van der Waals surface area (Å²) in [6.07, 6.45) is 0.424. The summed E-state index contributed by atoms with van der Waals surface area (Å²) in [6, 6.07) is 17.1. The van der Waals surface area contributed by atoms with Crippen molar-refractivity contribution in [2.24, 2.45) is 5.92 Å². The van der Waals surface area contributed by atoms with E-state index in [1.54, 1.807) is 0 Å². The number of ketones is 1. The van der Waals surface area contributed by atoms with Gasteiger partial charge >= 0.3 is 0 Å². The van der Waals surface area contributed by atoms with Crippen LogP contribution in [0.4, 0.5) is 5.69 Å². The highest BCUT2D eigenvalue weighted by Crippen LogP contribution is 2.14. The van der Waals surface area contributed by atoms with E-state index in [1.807, 2.05) is 61.5 Å². The molecule has 3 nitrogen and oxygen atoms in total. The fourth-order valence-corrected chi connectivity index (χ4v) is 2.14. The first-order chi connectivity index (χ1) is 10.1. The molecule has 108 valence electrons. The number of benzene rings is 2. The van der Waals surface area contributed by atoms with Gasteiger partial charge in [-0.3, -0.25) is 9.59 Å². The van der Waals surface area contributed by atoms with Gasteiger partial charge < -0.3 is 5.32 Å². The van der Waals surface area contributed by atoms with Crippen LogP contribution in [-0.2, 0) is 16.0 Å². The molecule has 0 aliphatic carbocycles. The SMILES string of the molecule is CC(=O)C(Cc1ccccc1)C(=O)Nc1ccc(C)cc1. The van der Waals surface area contributed by atoms with E-state index in [1.165, 1.54) is 6.92 Å². The average Bonchev–Trinajstić information content (AvgIpc) is 2.48. The Kier molecular flexibility index (Phi) is 4.88. The lowest BCUT2D eigenvalue weighted by molar-refractivity contribution is -0.129. The van der Waals surface area contributed by atoms with Gasteiger partial charge in [-0.15, -0.1) is 0 Å². The molecule has 0 heterocycles. The topological polar surface area (TPSA) is 46.2 Å². The van der Waals surface area contributed by atoms with Gasteiger partial charge in [0, 0.05) is 5.69 Å². The third kappa shape index (κ3) is 4.28. The molecule has 0 saturated carbocycles. The van der Waals surface area contributed by atoms with E-state index < -0.39 is 5.92 Å². The minimum atomic E-state index is -0.659. The summed E-state index contributed by atoms with van der Waals surface area (Å²) < 4.78 is 0. The van der Waals surface area contributed by atoms with E-state index in [0.29, 0.717) is 12.1 Å². The summed E-state index contributed by atoms with van der Waals surface area (Å²) in [7, 11) is 0. The molecule has 2 aromatic carbocycles. The van der Waals surface area contributed by atoms with Crippen LogP contribution in [0.1, 0.15) is 18.1 Å². The van der Waals surface area contributed by atoms with Crippen LogP contribution in [0.2, 0.25) is 0 Å². The first-order valence-corrected chi connectivity index (χ1v) is 6.98. The smallest absolute Gasteiger partial charge is 0.235 e. The first kappa shape index (κ1) is 15.0. The highest BCUT2D eigenvalue weighted by molar-refractivity contribution is 6.06. The molecular formula is C18H19NO2. The zero-order valence-corrected chi connectivity index (χ0v) is 12.3. The lowest BCUT2D eigenvalue weighted by Crippen LogP contribution is -2.30. The number of rotatable bonds is 5. The van der Waals surface area contributed by atoms with Gasteiger partial charge in [0.15, 0.2) is 0 Å². The van der Waals surface area contributed by atoms with Gasteiger partial charge in [-0.25, -0.2) is 0 Å². The van der Waals surface area contributed by atoms with Crippen LogP contribution in [0.5, 0.6) is 0 Å². The van der Waals surface area contributed by atoms with Crippen LogP contribution >= 0.6 is 0 Å². The maximum Gasteiger partial charge on any atom is 0.235 e. The fraction of sp³-hybridized carbons (Fsp3) is 0.222. The molecule has 3 heteroatoms. The molecule has 0 spiro atoms. The molecule has 2 aromatic rings. The van der Waals surface area contributed by atoms with E-state index >= 15 is 0 Å². The largest absolute Gasteiger partial charge is 0.325 e.